The molecule has 128 valence electrons. The molecule has 0 spiro atoms. The summed E-state index contributed by atoms with van der Waals surface area (Å²) in [5.74, 6) is -0.128. The summed E-state index contributed by atoms with van der Waals surface area (Å²) in [6.07, 6.45) is 0. The highest BCUT2D eigenvalue weighted by Crippen LogP contribution is 2.18. The van der Waals surface area contributed by atoms with Crippen molar-refractivity contribution >= 4 is 15.9 Å². The van der Waals surface area contributed by atoms with Crippen molar-refractivity contribution in [3.05, 3.63) is 42.0 Å². The first-order valence-corrected chi connectivity index (χ1v) is 9.07. The summed E-state index contributed by atoms with van der Waals surface area (Å²) in [7, 11) is -1.98. The van der Waals surface area contributed by atoms with Crippen LogP contribution >= 0.6 is 0 Å². The normalized spacial score (nSPS) is 11.8. The Balaban J connectivity index is 3.05. The zero-order chi connectivity index (χ0) is 17.8. The average Bonchev–Trinajstić information content (AvgIpc) is 2.50. The maximum Gasteiger partial charge on any atom is 0.254 e. The van der Waals surface area contributed by atoms with Gasteiger partial charge >= 0.3 is 0 Å². The predicted molar refractivity (Wildman–Crippen MR) is 92.9 cm³/mol. The average molecular weight is 338 g/mol. The molecule has 1 aromatic rings. The van der Waals surface area contributed by atoms with Crippen LogP contribution in [0, 0.1) is 0 Å². The topological polar surface area (TPSA) is 57.7 Å². The Hall–Kier alpha value is -1.66. The molecule has 6 heteroatoms. The maximum atomic E-state index is 12.4. The molecule has 0 aliphatic rings. The van der Waals surface area contributed by atoms with Gasteiger partial charge in [-0.1, -0.05) is 12.2 Å². The van der Waals surface area contributed by atoms with Gasteiger partial charge in [0, 0.05) is 31.7 Å². The highest BCUT2D eigenvalue weighted by molar-refractivity contribution is 7.89. The van der Waals surface area contributed by atoms with E-state index in [0.29, 0.717) is 18.7 Å². The maximum absolute atomic E-state index is 12.4. The number of likely N-dealkylation sites (N-methyl/N-ethyl adjacent to an activating group) is 1. The molecule has 0 aromatic heterocycles. The minimum absolute atomic E-state index is 0.128. The van der Waals surface area contributed by atoms with Crippen LogP contribution in [0.2, 0.25) is 0 Å². The number of hydrogen-bond acceptors (Lipinski definition) is 3. The Morgan fingerprint density at radius 1 is 1.22 bits per heavy atom. The summed E-state index contributed by atoms with van der Waals surface area (Å²) in [5, 5.41) is 0. The van der Waals surface area contributed by atoms with Crippen molar-refractivity contribution in [3.63, 3.8) is 0 Å². The standard InChI is InChI=1S/C17H26N2O3S/c1-7-19(12-13(2)3)17(20)15-8-10-16(11-9-15)23(21,22)18(6)14(4)5/h8-11,14H,2,7,12H2,1,3-6H3. The van der Waals surface area contributed by atoms with Gasteiger partial charge in [-0.15, -0.1) is 0 Å². The van der Waals surface area contributed by atoms with E-state index in [9.17, 15) is 13.2 Å². The van der Waals surface area contributed by atoms with Crippen molar-refractivity contribution in [2.24, 2.45) is 0 Å². The molecule has 0 saturated heterocycles. The fraction of sp³-hybridized carbons (Fsp3) is 0.471. The van der Waals surface area contributed by atoms with Gasteiger partial charge in [-0.2, -0.15) is 4.31 Å². The molecule has 0 unspecified atom stereocenters. The van der Waals surface area contributed by atoms with Gasteiger partial charge in [0.15, 0.2) is 0 Å². The van der Waals surface area contributed by atoms with Crippen molar-refractivity contribution in [3.8, 4) is 0 Å². The van der Waals surface area contributed by atoms with Crippen molar-refractivity contribution in [1.29, 1.82) is 0 Å². The molecule has 0 saturated carbocycles. The van der Waals surface area contributed by atoms with Crippen molar-refractivity contribution in [1.82, 2.24) is 9.21 Å². The van der Waals surface area contributed by atoms with E-state index in [2.05, 4.69) is 6.58 Å². The zero-order valence-corrected chi connectivity index (χ0v) is 15.4. The van der Waals surface area contributed by atoms with E-state index in [4.69, 9.17) is 0 Å². The molecule has 0 radical (unpaired) electrons. The van der Waals surface area contributed by atoms with E-state index >= 15 is 0 Å². The lowest BCUT2D eigenvalue weighted by Gasteiger charge is -2.22. The van der Waals surface area contributed by atoms with Crippen LogP contribution < -0.4 is 0 Å². The molecule has 0 aliphatic heterocycles. The zero-order valence-electron chi connectivity index (χ0n) is 14.5. The van der Waals surface area contributed by atoms with Crippen LogP contribution in [0.4, 0.5) is 0 Å². The first-order chi connectivity index (χ1) is 10.6. The molecule has 1 amide bonds. The van der Waals surface area contributed by atoms with Crippen molar-refractivity contribution < 1.29 is 13.2 Å². The Bertz CT molecular complexity index is 664. The molecule has 1 rings (SSSR count). The van der Waals surface area contributed by atoms with Crippen LogP contribution in [0.5, 0.6) is 0 Å². The first-order valence-electron chi connectivity index (χ1n) is 7.63. The third kappa shape index (κ3) is 4.65. The molecule has 0 heterocycles. The van der Waals surface area contributed by atoms with Gasteiger partial charge in [0.2, 0.25) is 10.0 Å². The molecule has 0 atom stereocenters. The lowest BCUT2D eigenvalue weighted by molar-refractivity contribution is 0.0778. The van der Waals surface area contributed by atoms with Crippen LogP contribution in [0.1, 0.15) is 38.1 Å². The van der Waals surface area contributed by atoms with Gasteiger partial charge in [-0.05, 0) is 52.0 Å². The summed E-state index contributed by atoms with van der Waals surface area (Å²) in [5.41, 5.74) is 1.37. The number of benzene rings is 1. The Morgan fingerprint density at radius 3 is 2.13 bits per heavy atom. The molecule has 0 N–H and O–H groups in total. The number of carbonyl (C=O) groups excluding carboxylic acids is 1. The number of rotatable bonds is 7. The first kappa shape index (κ1) is 19.4. The third-order valence-corrected chi connectivity index (χ3v) is 5.68. The summed E-state index contributed by atoms with van der Waals surface area (Å²) < 4.78 is 26.1. The van der Waals surface area contributed by atoms with E-state index in [1.807, 2.05) is 27.7 Å². The number of amides is 1. The molecular formula is C17H26N2O3S. The predicted octanol–water partition coefficient (Wildman–Crippen LogP) is 2.75. The van der Waals surface area contributed by atoms with E-state index in [1.165, 1.54) is 16.4 Å². The second-order valence-corrected chi connectivity index (χ2v) is 7.91. The molecule has 5 nitrogen and oxygen atoms in total. The molecule has 1 aromatic carbocycles. The van der Waals surface area contributed by atoms with Crippen LogP contribution in [-0.2, 0) is 10.0 Å². The van der Waals surface area contributed by atoms with Crippen LogP contribution in [-0.4, -0.2) is 49.7 Å². The number of carbonyl (C=O) groups is 1. The van der Waals surface area contributed by atoms with Crippen molar-refractivity contribution in [2.45, 2.75) is 38.6 Å². The SMILES string of the molecule is C=C(C)CN(CC)C(=O)c1ccc(S(=O)(=O)N(C)C(C)C)cc1. The highest BCUT2D eigenvalue weighted by atomic mass is 32.2. The van der Waals surface area contributed by atoms with Crippen LogP contribution in [0.3, 0.4) is 0 Å². The third-order valence-electron chi connectivity index (χ3n) is 3.64. The van der Waals surface area contributed by atoms with Gasteiger partial charge in [0.1, 0.15) is 0 Å². The number of sulfonamides is 1. The summed E-state index contributed by atoms with van der Waals surface area (Å²) in [4.78, 5) is 14.3. The van der Waals surface area contributed by atoms with Gasteiger partial charge in [0.25, 0.3) is 5.91 Å². The number of nitrogens with zero attached hydrogens (tertiary/aromatic N) is 2. The Labute approximate surface area is 139 Å². The van der Waals surface area contributed by atoms with E-state index in [0.717, 1.165) is 5.57 Å². The molecule has 0 aliphatic carbocycles. The summed E-state index contributed by atoms with van der Waals surface area (Å²) in [6, 6.07) is 5.95. The molecule has 0 fully saturated rings. The fourth-order valence-electron chi connectivity index (χ4n) is 2.05. The Kier molecular flexibility index (Phi) is 6.53. The van der Waals surface area contributed by atoms with E-state index in [1.54, 1.807) is 24.1 Å². The van der Waals surface area contributed by atoms with Gasteiger partial charge in [-0.3, -0.25) is 4.79 Å². The second kappa shape index (κ2) is 7.75. The van der Waals surface area contributed by atoms with Gasteiger partial charge in [-0.25, -0.2) is 8.42 Å². The molecule has 0 bridgehead atoms. The van der Waals surface area contributed by atoms with E-state index < -0.39 is 10.0 Å². The van der Waals surface area contributed by atoms with Crippen LogP contribution in [0.15, 0.2) is 41.3 Å². The Morgan fingerprint density at radius 2 is 1.74 bits per heavy atom. The van der Waals surface area contributed by atoms with E-state index in [-0.39, 0.29) is 16.8 Å². The smallest absolute Gasteiger partial charge is 0.254 e. The highest BCUT2D eigenvalue weighted by Gasteiger charge is 2.23. The van der Waals surface area contributed by atoms with Crippen LogP contribution in [0.25, 0.3) is 0 Å². The fourth-order valence-corrected chi connectivity index (χ4v) is 3.42. The minimum atomic E-state index is -3.53. The largest absolute Gasteiger partial charge is 0.335 e. The lowest BCUT2D eigenvalue weighted by Crippen LogP contribution is -2.33. The molecular weight excluding hydrogens is 312 g/mol. The van der Waals surface area contributed by atoms with Crippen molar-refractivity contribution in [2.75, 3.05) is 20.1 Å². The minimum Gasteiger partial charge on any atom is -0.335 e. The summed E-state index contributed by atoms with van der Waals surface area (Å²) in [6.45, 7) is 12.3. The quantitative estimate of drug-likeness (QED) is 0.718. The monoisotopic (exact) mass is 338 g/mol. The molecule has 23 heavy (non-hydrogen) atoms. The lowest BCUT2D eigenvalue weighted by atomic mass is 10.2. The van der Waals surface area contributed by atoms with Gasteiger partial charge < -0.3 is 4.90 Å². The number of hydrogen-bond donors (Lipinski definition) is 0. The second-order valence-electron chi connectivity index (χ2n) is 5.92. The summed E-state index contributed by atoms with van der Waals surface area (Å²) >= 11 is 0. The van der Waals surface area contributed by atoms with Gasteiger partial charge in [0.05, 0.1) is 4.90 Å².